The van der Waals surface area contributed by atoms with Crippen LogP contribution in [0.3, 0.4) is 0 Å². The second-order valence-electron chi connectivity index (χ2n) is 4.85. The van der Waals surface area contributed by atoms with Crippen molar-refractivity contribution < 1.29 is 4.74 Å². The quantitative estimate of drug-likeness (QED) is 0.857. The fraction of sp³-hybridized carbons (Fsp3) is 0.769. The van der Waals surface area contributed by atoms with Gasteiger partial charge in [0.2, 0.25) is 11.9 Å². The van der Waals surface area contributed by atoms with Gasteiger partial charge in [-0.15, -0.1) is 0 Å². The van der Waals surface area contributed by atoms with Crippen molar-refractivity contribution in [1.82, 2.24) is 19.9 Å². The van der Waals surface area contributed by atoms with Crippen LogP contribution in [0.25, 0.3) is 0 Å². The Hall–Kier alpha value is -1.63. The lowest BCUT2D eigenvalue weighted by molar-refractivity contribution is 0.198. The predicted molar refractivity (Wildman–Crippen MR) is 79.5 cm³/mol. The molecule has 1 unspecified atom stereocenters. The van der Waals surface area contributed by atoms with Gasteiger partial charge in [-0.2, -0.15) is 15.0 Å². The summed E-state index contributed by atoms with van der Waals surface area (Å²) in [6.45, 7) is 10.9. The molecule has 0 radical (unpaired) electrons. The zero-order chi connectivity index (χ0) is 14.5. The van der Waals surface area contributed by atoms with E-state index in [0.717, 1.165) is 26.2 Å². The Morgan fingerprint density at radius 3 is 2.65 bits per heavy atom. The number of likely N-dealkylation sites (N-methyl/N-ethyl adjacent to an activating group) is 1. The van der Waals surface area contributed by atoms with E-state index in [0.29, 0.717) is 30.6 Å². The molecular weight excluding hydrogens is 256 g/mol. The molecule has 0 aromatic carbocycles. The summed E-state index contributed by atoms with van der Waals surface area (Å²) in [5.41, 5.74) is 0. The van der Waals surface area contributed by atoms with Crippen LogP contribution in [0.15, 0.2) is 0 Å². The maximum Gasteiger partial charge on any atom is 0.323 e. The zero-order valence-electron chi connectivity index (χ0n) is 12.8. The largest absolute Gasteiger partial charge is 0.464 e. The van der Waals surface area contributed by atoms with E-state index < -0.39 is 0 Å². The number of hydrogen-bond donors (Lipinski definition) is 1. The first-order chi connectivity index (χ1) is 9.67. The average molecular weight is 280 g/mol. The first kappa shape index (κ1) is 14.8. The average Bonchev–Trinajstić information content (AvgIpc) is 2.47. The molecular formula is C13H24N6O. The normalized spacial score (nSPS) is 20.0. The van der Waals surface area contributed by atoms with Gasteiger partial charge in [-0.25, -0.2) is 0 Å². The van der Waals surface area contributed by atoms with Gasteiger partial charge in [0, 0.05) is 32.7 Å². The first-order valence-corrected chi connectivity index (χ1v) is 7.23. The molecule has 1 atom stereocenters. The van der Waals surface area contributed by atoms with E-state index >= 15 is 0 Å². The molecule has 112 valence electrons. The van der Waals surface area contributed by atoms with Crippen molar-refractivity contribution in [1.29, 1.82) is 0 Å². The number of nitrogens with one attached hydrogen (secondary N) is 1. The molecule has 1 aliphatic rings. The van der Waals surface area contributed by atoms with Gasteiger partial charge in [-0.3, -0.25) is 4.90 Å². The van der Waals surface area contributed by atoms with Crippen LogP contribution in [0.4, 0.5) is 11.9 Å². The van der Waals surface area contributed by atoms with Crippen molar-refractivity contribution in [3.8, 4) is 6.01 Å². The smallest absolute Gasteiger partial charge is 0.323 e. The molecule has 1 fully saturated rings. The van der Waals surface area contributed by atoms with Gasteiger partial charge in [0.25, 0.3) is 0 Å². The van der Waals surface area contributed by atoms with Crippen LogP contribution in [0.5, 0.6) is 6.01 Å². The molecule has 2 rings (SSSR count). The Bertz CT molecular complexity index is 441. The Kier molecular flexibility index (Phi) is 4.94. The molecule has 0 amide bonds. The van der Waals surface area contributed by atoms with Crippen LogP contribution in [0.1, 0.15) is 20.8 Å². The molecule has 0 spiro atoms. The Balaban J connectivity index is 2.17. The fourth-order valence-corrected chi connectivity index (χ4v) is 2.44. The van der Waals surface area contributed by atoms with Crippen molar-refractivity contribution in [2.75, 3.05) is 50.1 Å². The maximum atomic E-state index is 5.41. The maximum absolute atomic E-state index is 5.41. The summed E-state index contributed by atoms with van der Waals surface area (Å²) in [6, 6.07) is 0.881. The van der Waals surface area contributed by atoms with Gasteiger partial charge in [0.1, 0.15) is 0 Å². The number of ether oxygens (including phenoxy) is 1. The van der Waals surface area contributed by atoms with E-state index in [2.05, 4.69) is 43.9 Å². The molecule has 2 heterocycles. The van der Waals surface area contributed by atoms with Gasteiger partial charge in [-0.1, -0.05) is 6.92 Å². The molecule has 1 aromatic heterocycles. The van der Waals surface area contributed by atoms with Crippen molar-refractivity contribution in [3.63, 3.8) is 0 Å². The molecule has 0 bridgehead atoms. The number of aromatic nitrogens is 3. The monoisotopic (exact) mass is 280 g/mol. The number of nitrogens with zero attached hydrogens (tertiary/aromatic N) is 5. The van der Waals surface area contributed by atoms with Crippen LogP contribution < -0.4 is 15.0 Å². The summed E-state index contributed by atoms with van der Waals surface area (Å²) in [7, 11) is 1.80. The lowest BCUT2D eigenvalue weighted by Crippen LogP contribution is -2.52. The molecule has 7 heteroatoms. The second kappa shape index (κ2) is 6.69. The highest BCUT2D eigenvalue weighted by Crippen LogP contribution is 2.18. The van der Waals surface area contributed by atoms with Gasteiger partial charge in [-0.05, 0) is 20.4 Å². The number of hydrogen-bond acceptors (Lipinski definition) is 7. The van der Waals surface area contributed by atoms with Crippen LogP contribution >= 0.6 is 0 Å². The first-order valence-electron chi connectivity index (χ1n) is 7.23. The molecule has 1 aliphatic heterocycles. The van der Waals surface area contributed by atoms with E-state index in [1.165, 1.54) is 0 Å². The van der Waals surface area contributed by atoms with Crippen LogP contribution in [-0.4, -0.2) is 65.7 Å². The third-order valence-corrected chi connectivity index (χ3v) is 3.55. The molecule has 0 saturated carbocycles. The summed E-state index contributed by atoms with van der Waals surface area (Å²) in [6.07, 6.45) is 0. The highest BCUT2D eigenvalue weighted by atomic mass is 16.5. The standard InChI is InChI=1S/C13H24N6O/c1-5-18-7-8-19(9-10(18)3)12-15-11(14-4)16-13(17-12)20-6-2/h10H,5-9H2,1-4H3,(H,14,15,16,17). The minimum absolute atomic E-state index is 0.382. The SMILES string of the molecule is CCOc1nc(NC)nc(N2CCN(CC)C(C)C2)n1. The minimum atomic E-state index is 0.382. The third-order valence-electron chi connectivity index (χ3n) is 3.55. The molecule has 20 heavy (non-hydrogen) atoms. The van der Waals surface area contributed by atoms with E-state index in [1.807, 2.05) is 6.92 Å². The van der Waals surface area contributed by atoms with Gasteiger partial charge < -0.3 is 15.0 Å². The van der Waals surface area contributed by atoms with Crippen LogP contribution in [0, 0.1) is 0 Å². The molecule has 1 aromatic rings. The Morgan fingerprint density at radius 2 is 2.05 bits per heavy atom. The van der Waals surface area contributed by atoms with Crippen molar-refractivity contribution >= 4 is 11.9 Å². The lowest BCUT2D eigenvalue weighted by Gasteiger charge is -2.39. The van der Waals surface area contributed by atoms with Gasteiger partial charge >= 0.3 is 6.01 Å². The zero-order valence-corrected chi connectivity index (χ0v) is 12.8. The van der Waals surface area contributed by atoms with E-state index in [-0.39, 0.29) is 0 Å². The van der Waals surface area contributed by atoms with Gasteiger partial charge in [0.05, 0.1) is 6.61 Å². The summed E-state index contributed by atoms with van der Waals surface area (Å²) in [5.74, 6) is 1.24. The van der Waals surface area contributed by atoms with Crippen molar-refractivity contribution in [3.05, 3.63) is 0 Å². The summed E-state index contributed by atoms with van der Waals surface area (Å²) in [4.78, 5) is 17.7. The Labute approximate surface area is 120 Å². The topological polar surface area (TPSA) is 66.4 Å². The summed E-state index contributed by atoms with van der Waals surface area (Å²) in [5, 5.41) is 2.96. The summed E-state index contributed by atoms with van der Waals surface area (Å²) < 4.78 is 5.41. The van der Waals surface area contributed by atoms with E-state index in [1.54, 1.807) is 7.05 Å². The molecule has 7 nitrogen and oxygen atoms in total. The van der Waals surface area contributed by atoms with Crippen LogP contribution in [-0.2, 0) is 0 Å². The highest BCUT2D eigenvalue weighted by Gasteiger charge is 2.24. The third kappa shape index (κ3) is 3.27. The second-order valence-corrected chi connectivity index (χ2v) is 4.85. The minimum Gasteiger partial charge on any atom is -0.464 e. The van der Waals surface area contributed by atoms with E-state index in [9.17, 15) is 0 Å². The molecule has 1 N–H and O–H groups in total. The van der Waals surface area contributed by atoms with Gasteiger partial charge in [0.15, 0.2) is 0 Å². The van der Waals surface area contributed by atoms with Crippen LogP contribution in [0.2, 0.25) is 0 Å². The summed E-state index contributed by atoms with van der Waals surface area (Å²) >= 11 is 0. The number of rotatable bonds is 5. The molecule has 1 saturated heterocycles. The number of piperazine rings is 1. The fourth-order valence-electron chi connectivity index (χ4n) is 2.44. The highest BCUT2D eigenvalue weighted by molar-refractivity contribution is 5.38. The van der Waals surface area contributed by atoms with E-state index in [4.69, 9.17) is 4.74 Å². The predicted octanol–water partition coefficient (Wildman–Crippen LogP) is 0.842. The van der Waals surface area contributed by atoms with Crippen molar-refractivity contribution in [2.45, 2.75) is 26.8 Å². The van der Waals surface area contributed by atoms with Crippen molar-refractivity contribution in [2.24, 2.45) is 0 Å². The lowest BCUT2D eigenvalue weighted by atomic mass is 10.2. The number of anilines is 2. The Morgan fingerprint density at radius 1 is 1.25 bits per heavy atom. The molecule has 0 aliphatic carbocycles.